The molecule has 0 rings (SSSR count). The second-order valence-corrected chi connectivity index (χ2v) is 4.86. The van der Waals surface area contributed by atoms with Gasteiger partial charge in [-0.3, -0.25) is 9.59 Å². The van der Waals surface area contributed by atoms with Crippen molar-refractivity contribution < 1.29 is 9.59 Å². The number of nitrogens with zero attached hydrogens (tertiary/aromatic N) is 1. The van der Waals surface area contributed by atoms with Crippen LogP contribution in [0.2, 0.25) is 0 Å². The van der Waals surface area contributed by atoms with Crippen molar-refractivity contribution in [2.45, 2.75) is 46.0 Å². The normalized spacial score (nSPS) is 10.5. The van der Waals surface area contributed by atoms with Crippen molar-refractivity contribution in [2.24, 2.45) is 0 Å². The molecule has 0 aliphatic rings. The summed E-state index contributed by atoms with van der Waals surface area (Å²) in [5, 5.41) is 5.71. The molecule has 112 valence electrons. The van der Waals surface area contributed by atoms with Gasteiger partial charge in [-0.2, -0.15) is 0 Å². The molecule has 0 bridgehead atoms. The summed E-state index contributed by atoms with van der Waals surface area (Å²) in [5.41, 5.74) is 0. The zero-order valence-corrected chi connectivity index (χ0v) is 12.6. The van der Waals surface area contributed by atoms with E-state index < -0.39 is 0 Å². The summed E-state index contributed by atoms with van der Waals surface area (Å²) in [6, 6.07) is 0. The van der Waals surface area contributed by atoms with E-state index in [1.54, 1.807) is 0 Å². The van der Waals surface area contributed by atoms with E-state index in [0.717, 1.165) is 45.4 Å². The maximum Gasteiger partial charge on any atom is 0.221 e. The van der Waals surface area contributed by atoms with Crippen LogP contribution in [-0.4, -0.2) is 49.9 Å². The van der Waals surface area contributed by atoms with Crippen LogP contribution in [-0.2, 0) is 9.59 Å². The van der Waals surface area contributed by atoms with Crippen LogP contribution in [0.25, 0.3) is 0 Å². The van der Waals surface area contributed by atoms with Crippen LogP contribution >= 0.6 is 0 Å². The molecule has 0 unspecified atom stereocenters. The standard InChI is InChI=1S/C14H29N3O2/c1-4-9-15-13(18)7-6-11-17(3)12-8-14(19)16-10-5-2/h4-12H2,1-3H3,(H,15,18)(H,16,19). The van der Waals surface area contributed by atoms with E-state index in [0.29, 0.717) is 12.8 Å². The Labute approximate surface area is 117 Å². The van der Waals surface area contributed by atoms with E-state index in [1.165, 1.54) is 0 Å². The average molecular weight is 271 g/mol. The van der Waals surface area contributed by atoms with Crippen molar-refractivity contribution in [1.82, 2.24) is 15.5 Å². The largest absolute Gasteiger partial charge is 0.356 e. The lowest BCUT2D eigenvalue weighted by Gasteiger charge is -2.16. The van der Waals surface area contributed by atoms with Gasteiger partial charge >= 0.3 is 0 Å². The Kier molecular flexibility index (Phi) is 11.3. The summed E-state index contributed by atoms with van der Waals surface area (Å²) >= 11 is 0. The molecule has 0 aromatic heterocycles. The van der Waals surface area contributed by atoms with Crippen molar-refractivity contribution >= 4 is 11.8 Å². The zero-order valence-electron chi connectivity index (χ0n) is 12.6. The first-order chi connectivity index (χ1) is 9.10. The molecule has 5 nitrogen and oxygen atoms in total. The van der Waals surface area contributed by atoms with E-state index in [9.17, 15) is 9.59 Å². The van der Waals surface area contributed by atoms with Crippen molar-refractivity contribution in [3.63, 3.8) is 0 Å². The second-order valence-electron chi connectivity index (χ2n) is 4.86. The highest BCUT2D eigenvalue weighted by molar-refractivity contribution is 5.76. The number of carbonyl (C=O) groups is 2. The van der Waals surface area contributed by atoms with E-state index in [1.807, 2.05) is 20.9 Å². The molecule has 5 heteroatoms. The average Bonchev–Trinajstić information content (AvgIpc) is 2.40. The van der Waals surface area contributed by atoms with Crippen LogP contribution in [0.5, 0.6) is 0 Å². The highest BCUT2D eigenvalue weighted by atomic mass is 16.2. The van der Waals surface area contributed by atoms with E-state index in [2.05, 4.69) is 15.5 Å². The fourth-order valence-electron chi connectivity index (χ4n) is 1.62. The first-order valence-corrected chi connectivity index (χ1v) is 7.32. The van der Waals surface area contributed by atoms with Crippen LogP contribution in [0.3, 0.4) is 0 Å². The molecule has 2 N–H and O–H groups in total. The SMILES string of the molecule is CCCNC(=O)CCCN(C)CCC(=O)NCCC. The predicted molar refractivity (Wildman–Crippen MR) is 77.9 cm³/mol. The molecule has 0 aliphatic heterocycles. The van der Waals surface area contributed by atoms with Gasteiger partial charge in [0.2, 0.25) is 11.8 Å². The monoisotopic (exact) mass is 271 g/mol. The maximum absolute atomic E-state index is 11.4. The van der Waals surface area contributed by atoms with Gasteiger partial charge in [0.05, 0.1) is 0 Å². The van der Waals surface area contributed by atoms with Crippen LogP contribution in [0, 0.1) is 0 Å². The van der Waals surface area contributed by atoms with Gasteiger partial charge in [-0.1, -0.05) is 13.8 Å². The molecule has 0 spiro atoms. The molecule has 0 aliphatic carbocycles. The van der Waals surface area contributed by atoms with Gasteiger partial charge in [-0.05, 0) is 32.9 Å². The van der Waals surface area contributed by atoms with Gasteiger partial charge in [0, 0.05) is 32.5 Å². The Balaban J connectivity index is 3.51. The molecule has 0 heterocycles. The molecule has 0 atom stereocenters. The third-order valence-electron chi connectivity index (χ3n) is 2.81. The lowest BCUT2D eigenvalue weighted by molar-refractivity contribution is -0.122. The fraction of sp³-hybridized carbons (Fsp3) is 0.857. The van der Waals surface area contributed by atoms with Crippen LogP contribution < -0.4 is 10.6 Å². The quantitative estimate of drug-likeness (QED) is 0.592. The molecular formula is C14H29N3O2. The first-order valence-electron chi connectivity index (χ1n) is 7.32. The molecule has 0 aromatic rings. The van der Waals surface area contributed by atoms with E-state index in [-0.39, 0.29) is 11.8 Å². The van der Waals surface area contributed by atoms with Crippen molar-refractivity contribution in [1.29, 1.82) is 0 Å². The van der Waals surface area contributed by atoms with Crippen molar-refractivity contribution in [3.05, 3.63) is 0 Å². The molecule has 2 amide bonds. The van der Waals surface area contributed by atoms with Gasteiger partial charge in [-0.15, -0.1) is 0 Å². The summed E-state index contributed by atoms with van der Waals surface area (Å²) in [4.78, 5) is 24.9. The molecule has 0 radical (unpaired) electrons. The second kappa shape index (κ2) is 12.0. The van der Waals surface area contributed by atoms with Crippen molar-refractivity contribution in [2.75, 3.05) is 33.2 Å². The smallest absolute Gasteiger partial charge is 0.221 e. The van der Waals surface area contributed by atoms with Gasteiger partial charge in [-0.25, -0.2) is 0 Å². The van der Waals surface area contributed by atoms with E-state index in [4.69, 9.17) is 0 Å². The van der Waals surface area contributed by atoms with Gasteiger partial charge in [0.15, 0.2) is 0 Å². The van der Waals surface area contributed by atoms with Gasteiger partial charge in [0.25, 0.3) is 0 Å². The molecule has 19 heavy (non-hydrogen) atoms. The Morgan fingerprint density at radius 3 is 1.95 bits per heavy atom. The Hall–Kier alpha value is -1.10. The van der Waals surface area contributed by atoms with Crippen molar-refractivity contribution in [3.8, 4) is 0 Å². The predicted octanol–water partition coefficient (Wildman–Crippen LogP) is 1.14. The van der Waals surface area contributed by atoms with Crippen LogP contribution in [0.1, 0.15) is 46.0 Å². The van der Waals surface area contributed by atoms with Crippen LogP contribution in [0.15, 0.2) is 0 Å². The lowest BCUT2D eigenvalue weighted by Crippen LogP contribution is -2.30. The number of nitrogens with one attached hydrogen (secondary N) is 2. The van der Waals surface area contributed by atoms with E-state index >= 15 is 0 Å². The van der Waals surface area contributed by atoms with Gasteiger partial charge in [0.1, 0.15) is 0 Å². The maximum atomic E-state index is 11.4. The minimum Gasteiger partial charge on any atom is -0.356 e. The molecular weight excluding hydrogens is 242 g/mol. The number of rotatable bonds is 11. The minimum absolute atomic E-state index is 0.106. The number of amides is 2. The third-order valence-corrected chi connectivity index (χ3v) is 2.81. The Morgan fingerprint density at radius 2 is 1.42 bits per heavy atom. The van der Waals surface area contributed by atoms with Gasteiger partial charge < -0.3 is 15.5 Å². The molecule has 0 saturated heterocycles. The topological polar surface area (TPSA) is 61.4 Å². The summed E-state index contributed by atoms with van der Waals surface area (Å²) in [6.07, 6.45) is 3.86. The highest BCUT2D eigenvalue weighted by Gasteiger charge is 2.05. The third kappa shape index (κ3) is 11.7. The summed E-state index contributed by atoms with van der Waals surface area (Å²) in [7, 11) is 1.98. The fourth-order valence-corrected chi connectivity index (χ4v) is 1.62. The summed E-state index contributed by atoms with van der Waals surface area (Å²) < 4.78 is 0. The molecule has 0 fully saturated rings. The summed E-state index contributed by atoms with van der Waals surface area (Å²) in [5.74, 6) is 0.227. The molecule has 0 aromatic carbocycles. The Morgan fingerprint density at radius 1 is 0.895 bits per heavy atom. The number of hydrogen-bond acceptors (Lipinski definition) is 3. The minimum atomic E-state index is 0.106. The zero-order chi connectivity index (χ0) is 14.5. The lowest BCUT2D eigenvalue weighted by atomic mass is 10.2. The summed E-state index contributed by atoms with van der Waals surface area (Å²) in [6.45, 7) is 7.17. The number of carbonyl (C=O) groups excluding carboxylic acids is 2. The van der Waals surface area contributed by atoms with Crippen LogP contribution in [0.4, 0.5) is 0 Å². The first kappa shape index (κ1) is 17.9. The highest BCUT2D eigenvalue weighted by Crippen LogP contribution is 1.95. The Bertz CT molecular complexity index is 257. The number of hydrogen-bond donors (Lipinski definition) is 2. The molecule has 0 saturated carbocycles.